The van der Waals surface area contributed by atoms with Crippen LogP contribution in [0.15, 0.2) is 47.3 Å². The number of methoxy groups -OCH3 is 1. The Hall–Kier alpha value is -3.19. The lowest BCUT2D eigenvalue weighted by Crippen LogP contribution is -2.19. The number of benzene rings is 2. The lowest BCUT2D eigenvalue weighted by atomic mass is 10.1. The van der Waals surface area contributed by atoms with Gasteiger partial charge in [0.05, 0.1) is 18.1 Å². The van der Waals surface area contributed by atoms with Gasteiger partial charge in [0.25, 0.3) is 11.5 Å². The number of nitrogens with zero attached hydrogens (tertiary/aromatic N) is 1. The van der Waals surface area contributed by atoms with Gasteiger partial charge < -0.3 is 9.72 Å². The molecule has 0 radical (unpaired) electrons. The van der Waals surface area contributed by atoms with E-state index in [9.17, 15) is 9.59 Å². The van der Waals surface area contributed by atoms with E-state index in [0.717, 1.165) is 24.2 Å². The van der Waals surface area contributed by atoms with E-state index in [0.29, 0.717) is 23.1 Å². The van der Waals surface area contributed by atoms with E-state index < -0.39 is 5.91 Å². The fourth-order valence-corrected chi connectivity index (χ4v) is 2.75. The normalized spacial score (nSPS) is 10.7. The summed E-state index contributed by atoms with van der Waals surface area (Å²) in [4.78, 5) is 30.9. The molecule has 0 spiro atoms. The molecule has 0 atom stereocenters. The highest BCUT2D eigenvalue weighted by Crippen LogP contribution is 2.14. The van der Waals surface area contributed by atoms with Crippen LogP contribution in [0.25, 0.3) is 11.0 Å². The zero-order valence-corrected chi connectivity index (χ0v) is 14.3. The molecule has 0 aliphatic carbocycles. The van der Waals surface area contributed by atoms with Gasteiger partial charge in [-0.2, -0.15) is 0 Å². The Kier molecular flexibility index (Phi) is 5.28. The molecule has 0 aliphatic heterocycles. The number of amides is 1. The summed E-state index contributed by atoms with van der Waals surface area (Å²) in [6.45, 7) is 0. The predicted octanol–water partition coefficient (Wildman–Crippen LogP) is 2.23. The van der Waals surface area contributed by atoms with Crippen LogP contribution in [0.5, 0.6) is 5.75 Å². The van der Waals surface area contributed by atoms with Crippen LogP contribution in [0.2, 0.25) is 0 Å². The Morgan fingerprint density at radius 1 is 1.19 bits per heavy atom. The topological polar surface area (TPSA) is 104 Å². The number of aryl methyl sites for hydroxylation is 2. The van der Waals surface area contributed by atoms with Crippen LogP contribution < -0.4 is 15.8 Å². The highest BCUT2D eigenvalue weighted by Gasteiger charge is 2.09. The number of ether oxygens (including phenoxy) is 1. The van der Waals surface area contributed by atoms with E-state index in [-0.39, 0.29) is 11.1 Å². The first-order chi connectivity index (χ1) is 12.6. The third-order valence-corrected chi connectivity index (χ3v) is 4.17. The molecule has 7 nitrogen and oxygen atoms in total. The first-order valence-electron chi connectivity index (χ1n) is 8.21. The van der Waals surface area contributed by atoms with E-state index in [4.69, 9.17) is 9.94 Å². The maximum absolute atomic E-state index is 12.2. The second kappa shape index (κ2) is 7.79. The molecule has 0 aliphatic rings. The number of rotatable bonds is 6. The van der Waals surface area contributed by atoms with Crippen LogP contribution >= 0.6 is 0 Å². The highest BCUT2D eigenvalue weighted by atomic mass is 16.5. The minimum Gasteiger partial charge on any atom is -0.497 e. The molecule has 1 heterocycles. The van der Waals surface area contributed by atoms with Crippen molar-refractivity contribution in [3.63, 3.8) is 0 Å². The van der Waals surface area contributed by atoms with Crippen molar-refractivity contribution in [1.82, 2.24) is 15.4 Å². The predicted molar refractivity (Wildman–Crippen MR) is 96.6 cm³/mol. The van der Waals surface area contributed by atoms with Crippen LogP contribution in [0.4, 0.5) is 0 Å². The maximum Gasteiger partial charge on any atom is 0.274 e. The number of fused-ring (bicyclic) bond motifs is 1. The van der Waals surface area contributed by atoms with Crippen molar-refractivity contribution in [2.75, 3.05) is 7.11 Å². The summed E-state index contributed by atoms with van der Waals surface area (Å²) in [7, 11) is 1.63. The molecule has 3 N–H and O–H groups in total. The molecule has 1 aromatic heterocycles. The molecule has 0 bridgehead atoms. The largest absolute Gasteiger partial charge is 0.497 e. The average Bonchev–Trinajstić information content (AvgIpc) is 2.68. The summed E-state index contributed by atoms with van der Waals surface area (Å²) in [5, 5.41) is 8.73. The fraction of sp³-hybridized carbons (Fsp3) is 0.211. The van der Waals surface area contributed by atoms with Gasteiger partial charge in [-0.25, -0.2) is 10.5 Å². The number of carbonyl (C=O) groups excluding carboxylic acids is 1. The molecule has 1 amide bonds. The van der Waals surface area contributed by atoms with E-state index >= 15 is 0 Å². The van der Waals surface area contributed by atoms with E-state index in [1.54, 1.807) is 18.7 Å². The summed E-state index contributed by atoms with van der Waals surface area (Å²) in [5.74, 6) is 0.185. The van der Waals surface area contributed by atoms with Gasteiger partial charge in [-0.05, 0) is 55.2 Å². The van der Waals surface area contributed by atoms with Gasteiger partial charge >= 0.3 is 0 Å². The fourth-order valence-electron chi connectivity index (χ4n) is 2.75. The Morgan fingerprint density at radius 2 is 1.96 bits per heavy atom. The van der Waals surface area contributed by atoms with E-state index in [2.05, 4.69) is 9.97 Å². The first kappa shape index (κ1) is 17.6. The molecule has 7 heteroatoms. The molecule has 0 fully saturated rings. The standard InChI is InChI=1S/C19H19N3O4/c1-26-14-8-5-12(6-9-14)3-2-4-16-19(24)21-15-10-7-13(18(23)22-25)11-17(15)20-16/h5-11,25H,2-4H2,1H3,(H,21,24)(H,22,23). The lowest BCUT2D eigenvalue weighted by molar-refractivity contribution is 0.0706. The van der Waals surface area contributed by atoms with Crippen molar-refractivity contribution in [1.29, 1.82) is 0 Å². The number of hydroxylamine groups is 1. The average molecular weight is 353 g/mol. The van der Waals surface area contributed by atoms with Gasteiger partial charge in [0.2, 0.25) is 0 Å². The van der Waals surface area contributed by atoms with Crippen LogP contribution in [0, 0.1) is 0 Å². The van der Waals surface area contributed by atoms with Crippen LogP contribution in [-0.4, -0.2) is 28.2 Å². The molecule has 0 saturated carbocycles. The minimum atomic E-state index is -0.624. The van der Waals surface area contributed by atoms with Crippen molar-refractivity contribution in [2.45, 2.75) is 19.3 Å². The van der Waals surface area contributed by atoms with Gasteiger partial charge in [0.1, 0.15) is 11.4 Å². The summed E-state index contributed by atoms with van der Waals surface area (Å²) in [6, 6.07) is 12.4. The second-order valence-corrected chi connectivity index (χ2v) is 5.89. The van der Waals surface area contributed by atoms with E-state index in [1.807, 2.05) is 24.3 Å². The molecule has 26 heavy (non-hydrogen) atoms. The van der Waals surface area contributed by atoms with Crippen LogP contribution in [-0.2, 0) is 12.8 Å². The molecule has 3 aromatic rings. The van der Waals surface area contributed by atoms with Crippen molar-refractivity contribution in [3.05, 3.63) is 69.6 Å². The van der Waals surface area contributed by atoms with Crippen molar-refractivity contribution >= 4 is 16.9 Å². The summed E-state index contributed by atoms with van der Waals surface area (Å²) >= 11 is 0. The molecular formula is C19H19N3O4. The Morgan fingerprint density at radius 3 is 2.65 bits per heavy atom. The molecule has 134 valence electrons. The van der Waals surface area contributed by atoms with Crippen molar-refractivity contribution in [2.24, 2.45) is 0 Å². The molecule has 0 saturated heterocycles. The number of hydrogen-bond donors (Lipinski definition) is 3. The Balaban J connectivity index is 1.74. The molecule has 0 unspecified atom stereocenters. The number of nitrogens with one attached hydrogen (secondary N) is 2. The van der Waals surface area contributed by atoms with Gasteiger partial charge in [-0.15, -0.1) is 0 Å². The zero-order chi connectivity index (χ0) is 18.5. The first-order valence-corrected chi connectivity index (χ1v) is 8.21. The quantitative estimate of drug-likeness (QED) is 0.466. The van der Waals surface area contributed by atoms with Crippen LogP contribution in [0.1, 0.15) is 28.0 Å². The summed E-state index contributed by atoms with van der Waals surface area (Å²) in [5.41, 5.74) is 4.25. The maximum atomic E-state index is 12.2. The molecular weight excluding hydrogens is 334 g/mol. The van der Waals surface area contributed by atoms with Crippen LogP contribution in [0.3, 0.4) is 0 Å². The number of aromatic amines is 1. The number of carbonyl (C=O) groups is 1. The van der Waals surface area contributed by atoms with E-state index in [1.165, 1.54) is 12.1 Å². The third kappa shape index (κ3) is 3.89. The van der Waals surface area contributed by atoms with Crippen molar-refractivity contribution in [3.8, 4) is 5.75 Å². The number of H-pyrrole nitrogens is 1. The summed E-state index contributed by atoms with van der Waals surface area (Å²) < 4.78 is 5.13. The number of hydrogen-bond acceptors (Lipinski definition) is 5. The lowest BCUT2D eigenvalue weighted by Gasteiger charge is -2.05. The minimum absolute atomic E-state index is 0.230. The third-order valence-electron chi connectivity index (χ3n) is 4.17. The van der Waals surface area contributed by atoms with Crippen molar-refractivity contribution < 1.29 is 14.7 Å². The smallest absolute Gasteiger partial charge is 0.274 e. The SMILES string of the molecule is COc1ccc(CCCc2nc3cc(C(=O)NO)ccc3[nH]c2=O)cc1. The second-order valence-electron chi connectivity index (χ2n) is 5.89. The van der Waals surface area contributed by atoms with Gasteiger partial charge in [-0.1, -0.05) is 12.1 Å². The highest BCUT2D eigenvalue weighted by molar-refractivity contribution is 5.96. The summed E-state index contributed by atoms with van der Waals surface area (Å²) in [6.07, 6.45) is 2.11. The Bertz CT molecular complexity index is 980. The Labute approximate surface area is 149 Å². The van der Waals surface area contributed by atoms with Gasteiger partial charge in [0, 0.05) is 5.56 Å². The molecule has 3 rings (SSSR count). The number of aromatic nitrogens is 2. The van der Waals surface area contributed by atoms with Gasteiger partial charge in [0.15, 0.2) is 0 Å². The zero-order valence-electron chi connectivity index (χ0n) is 14.3. The van der Waals surface area contributed by atoms with Gasteiger partial charge in [-0.3, -0.25) is 14.8 Å². The molecule has 2 aromatic carbocycles. The monoisotopic (exact) mass is 353 g/mol.